The summed E-state index contributed by atoms with van der Waals surface area (Å²) >= 11 is 1.35. The number of thiazole rings is 1. The summed E-state index contributed by atoms with van der Waals surface area (Å²) in [6.45, 7) is 1.94. The Morgan fingerprint density at radius 2 is 2.20 bits per heavy atom. The SMILES string of the molecule is Cc1ccnc(-n2cc(C(=O)O)c(-c3nccs3)n2)c1. The molecular formula is C13H10N4O2S. The van der Waals surface area contributed by atoms with Crippen molar-refractivity contribution < 1.29 is 9.90 Å². The molecule has 3 aromatic rings. The summed E-state index contributed by atoms with van der Waals surface area (Å²) in [5.41, 5.74) is 1.50. The number of hydrogen-bond donors (Lipinski definition) is 1. The molecule has 0 unspecified atom stereocenters. The van der Waals surface area contributed by atoms with E-state index < -0.39 is 5.97 Å². The third-order valence-corrected chi connectivity index (χ3v) is 3.50. The molecule has 0 radical (unpaired) electrons. The van der Waals surface area contributed by atoms with Gasteiger partial charge in [-0.2, -0.15) is 5.10 Å². The van der Waals surface area contributed by atoms with Crippen LogP contribution in [0.3, 0.4) is 0 Å². The second-order valence-electron chi connectivity index (χ2n) is 4.17. The van der Waals surface area contributed by atoms with Crippen LogP contribution in [0, 0.1) is 6.92 Å². The highest BCUT2D eigenvalue weighted by Crippen LogP contribution is 2.25. The van der Waals surface area contributed by atoms with Crippen LogP contribution in [0.25, 0.3) is 16.5 Å². The molecule has 100 valence electrons. The van der Waals surface area contributed by atoms with Crippen LogP contribution in [0.15, 0.2) is 36.1 Å². The number of aromatic nitrogens is 4. The van der Waals surface area contributed by atoms with Gasteiger partial charge in [0.15, 0.2) is 5.82 Å². The number of carboxylic acid groups (broad SMARTS) is 1. The lowest BCUT2D eigenvalue weighted by Gasteiger charge is -2.00. The van der Waals surface area contributed by atoms with Crippen molar-refractivity contribution in [3.05, 3.63) is 47.2 Å². The predicted molar refractivity (Wildman–Crippen MR) is 74.2 cm³/mol. The van der Waals surface area contributed by atoms with Crippen molar-refractivity contribution in [2.75, 3.05) is 0 Å². The number of nitrogens with zero attached hydrogens (tertiary/aromatic N) is 4. The molecule has 0 fully saturated rings. The van der Waals surface area contributed by atoms with Crippen molar-refractivity contribution in [2.24, 2.45) is 0 Å². The molecule has 0 aliphatic rings. The van der Waals surface area contributed by atoms with Gasteiger partial charge < -0.3 is 5.11 Å². The van der Waals surface area contributed by atoms with Crippen LogP contribution < -0.4 is 0 Å². The summed E-state index contributed by atoms with van der Waals surface area (Å²) in [6.07, 6.45) is 4.74. The largest absolute Gasteiger partial charge is 0.478 e. The summed E-state index contributed by atoms with van der Waals surface area (Å²) in [5, 5.41) is 15.9. The molecule has 0 aliphatic carbocycles. The number of rotatable bonds is 3. The van der Waals surface area contributed by atoms with Gasteiger partial charge in [0.25, 0.3) is 0 Å². The third-order valence-electron chi connectivity index (χ3n) is 2.72. The van der Waals surface area contributed by atoms with Crippen LogP contribution in [0.4, 0.5) is 0 Å². The smallest absolute Gasteiger partial charge is 0.339 e. The van der Waals surface area contributed by atoms with Gasteiger partial charge in [0.05, 0.1) is 0 Å². The molecule has 0 spiro atoms. The van der Waals surface area contributed by atoms with Crippen LogP contribution in [-0.2, 0) is 0 Å². The zero-order valence-electron chi connectivity index (χ0n) is 10.5. The van der Waals surface area contributed by atoms with Gasteiger partial charge >= 0.3 is 5.97 Å². The lowest BCUT2D eigenvalue weighted by atomic mass is 10.2. The topological polar surface area (TPSA) is 80.9 Å². The molecule has 3 heterocycles. The average Bonchev–Trinajstić information content (AvgIpc) is 3.08. The average molecular weight is 286 g/mol. The van der Waals surface area contributed by atoms with E-state index in [9.17, 15) is 9.90 Å². The predicted octanol–water partition coefficient (Wildman–Crippen LogP) is 2.40. The van der Waals surface area contributed by atoms with Crippen molar-refractivity contribution >= 4 is 17.3 Å². The molecule has 0 aromatic carbocycles. The second kappa shape index (κ2) is 4.86. The summed E-state index contributed by atoms with van der Waals surface area (Å²) in [5.74, 6) is -0.454. The van der Waals surface area contributed by atoms with Crippen molar-refractivity contribution in [3.8, 4) is 16.5 Å². The highest BCUT2D eigenvalue weighted by molar-refractivity contribution is 7.13. The molecule has 0 amide bonds. The number of aromatic carboxylic acids is 1. The Kier molecular flexibility index (Phi) is 3.03. The molecule has 6 nitrogen and oxygen atoms in total. The molecule has 0 atom stereocenters. The fraction of sp³-hybridized carbons (Fsp3) is 0.0769. The summed E-state index contributed by atoms with van der Waals surface area (Å²) in [4.78, 5) is 19.6. The van der Waals surface area contributed by atoms with Crippen LogP contribution in [-0.4, -0.2) is 30.8 Å². The standard InChI is InChI=1S/C13H10N4O2S/c1-8-2-3-14-10(6-8)17-7-9(13(18)19)11(16-17)12-15-4-5-20-12/h2-7H,1H3,(H,18,19). The first-order chi connectivity index (χ1) is 9.65. The van der Waals surface area contributed by atoms with Gasteiger partial charge in [0.2, 0.25) is 0 Å². The van der Waals surface area contributed by atoms with Crippen LogP contribution >= 0.6 is 11.3 Å². The molecule has 1 N–H and O–H groups in total. The van der Waals surface area contributed by atoms with Crippen LogP contribution in [0.1, 0.15) is 15.9 Å². The molecular weight excluding hydrogens is 276 g/mol. The summed E-state index contributed by atoms with van der Waals surface area (Å²) < 4.78 is 1.47. The molecule has 7 heteroatoms. The van der Waals surface area contributed by atoms with Gasteiger partial charge in [-0.05, 0) is 24.6 Å². The Morgan fingerprint density at radius 3 is 2.85 bits per heavy atom. The first-order valence-corrected chi connectivity index (χ1v) is 6.69. The maximum atomic E-state index is 11.3. The van der Waals surface area contributed by atoms with Crippen molar-refractivity contribution in [2.45, 2.75) is 6.92 Å². The number of pyridine rings is 1. The fourth-order valence-electron chi connectivity index (χ4n) is 1.79. The Bertz CT molecular complexity index is 765. The highest BCUT2D eigenvalue weighted by Gasteiger charge is 2.19. The Morgan fingerprint density at radius 1 is 1.35 bits per heavy atom. The fourth-order valence-corrected chi connectivity index (χ4v) is 2.43. The monoisotopic (exact) mass is 286 g/mol. The second-order valence-corrected chi connectivity index (χ2v) is 5.06. The van der Waals surface area contributed by atoms with Crippen molar-refractivity contribution in [1.29, 1.82) is 0 Å². The Hall–Kier alpha value is -2.54. The highest BCUT2D eigenvalue weighted by atomic mass is 32.1. The maximum Gasteiger partial charge on any atom is 0.339 e. The first-order valence-electron chi connectivity index (χ1n) is 5.81. The number of carbonyl (C=O) groups is 1. The number of carboxylic acids is 1. The van der Waals surface area contributed by atoms with Gasteiger partial charge in [-0.3, -0.25) is 0 Å². The normalized spacial score (nSPS) is 10.7. The molecule has 0 bridgehead atoms. The summed E-state index contributed by atoms with van der Waals surface area (Å²) in [7, 11) is 0. The molecule has 0 aliphatic heterocycles. The van der Waals surface area contributed by atoms with E-state index in [2.05, 4.69) is 15.1 Å². The molecule has 3 rings (SSSR count). The number of aryl methyl sites for hydroxylation is 1. The minimum absolute atomic E-state index is 0.114. The summed E-state index contributed by atoms with van der Waals surface area (Å²) in [6, 6.07) is 3.71. The zero-order valence-corrected chi connectivity index (χ0v) is 11.3. The quantitative estimate of drug-likeness (QED) is 0.799. The van der Waals surface area contributed by atoms with E-state index in [1.54, 1.807) is 17.8 Å². The van der Waals surface area contributed by atoms with E-state index >= 15 is 0 Å². The number of hydrogen-bond acceptors (Lipinski definition) is 5. The van der Waals surface area contributed by atoms with E-state index in [1.165, 1.54) is 22.2 Å². The van der Waals surface area contributed by atoms with Crippen LogP contribution in [0.2, 0.25) is 0 Å². The van der Waals surface area contributed by atoms with Crippen molar-refractivity contribution in [1.82, 2.24) is 19.7 Å². The van der Waals surface area contributed by atoms with E-state index in [0.29, 0.717) is 16.5 Å². The molecule has 3 aromatic heterocycles. The van der Waals surface area contributed by atoms with Gasteiger partial charge in [-0.15, -0.1) is 11.3 Å². The van der Waals surface area contributed by atoms with Gasteiger partial charge in [-0.1, -0.05) is 0 Å². The minimum atomic E-state index is -1.03. The van der Waals surface area contributed by atoms with E-state index in [4.69, 9.17) is 0 Å². The third kappa shape index (κ3) is 2.19. The maximum absolute atomic E-state index is 11.3. The Balaban J connectivity index is 2.15. The lowest BCUT2D eigenvalue weighted by Crippen LogP contribution is -1.98. The lowest BCUT2D eigenvalue weighted by molar-refractivity contribution is 0.0697. The van der Waals surface area contributed by atoms with Crippen LogP contribution in [0.5, 0.6) is 0 Å². The molecule has 0 saturated carbocycles. The zero-order chi connectivity index (χ0) is 14.1. The first kappa shape index (κ1) is 12.5. The van der Waals surface area contributed by atoms with E-state index in [1.807, 2.05) is 19.1 Å². The van der Waals surface area contributed by atoms with E-state index in [0.717, 1.165) is 5.56 Å². The minimum Gasteiger partial charge on any atom is -0.478 e. The molecule has 0 saturated heterocycles. The van der Waals surface area contributed by atoms with Gasteiger partial charge in [0, 0.05) is 24.0 Å². The van der Waals surface area contributed by atoms with Crippen molar-refractivity contribution in [3.63, 3.8) is 0 Å². The van der Waals surface area contributed by atoms with Gasteiger partial charge in [0.1, 0.15) is 16.3 Å². The van der Waals surface area contributed by atoms with Gasteiger partial charge in [-0.25, -0.2) is 19.4 Å². The van der Waals surface area contributed by atoms with E-state index in [-0.39, 0.29) is 5.56 Å². The molecule has 20 heavy (non-hydrogen) atoms. The Labute approximate surface area is 118 Å².